The maximum atomic E-state index is 13.4. The second-order valence-corrected chi connectivity index (χ2v) is 4.63. The van der Waals surface area contributed by atoms with Crippen LogP contribution in [0.5, 0.6) is 0 Å². The molecule has 0 aromatic heterocycles. The van der Waals surface area contributed by atoms with Crippen molar-refractivity contribution in [2.75, 3.05) is 0 Å². The van der Waals surface area contributed by atoms with Crippen LogP contribution in [-0.2, 0) is 0 Å². The van der Waals surface area contributed by atoms with Crippen molar-refractivity contribution in [3.8, 4) is 0 Å². The van der Waals surface area contributed by atoms with Gasteiger partial charge in [-0.25, -0.2) is 9.38 Å². The number of benzene rings is 2. The van der Waals surface area contributed by atoms with Crippen molar-refractivity contribution in [2.45, 2.75) is 0 Å². The molecule has 0 saturated carbocycles. The molecular weight excluding hydrogens is 305 g/mol. The van der Waals surface area contributed by atoms with Gasteiger partial charge in [0.25, 0.3) is 0 Å². The molecule has 0 N–H and O–H groups in total. The monoisotopic (exact) mass is 311 g/mol. The van der Waals surface area contributed by atoms with Gasteiger partial charge in [0.15, 0.2) is 0 Å². The highest BCUT2D eigenvalue weighted by atomic mass is 79.9. The molecule has 0 radical (unpaired) electrons. The molecule has 0 aliphatic heterocycles. The zero-order chi connectivity index (χ0) is 12.3. The average molecular weight is 313 g/mol. The van der Waals surface area contributed by atoms with E-state index >= 15 is 0 Å². The molecule has 0 atom stereocenters. The Balaban J connectivity index is 2.34. The highest BCUT2D eigenvalue weighted by Crippen LogP contribution is 2.20. The Kier molecular flexibility index (Phi) is 3.92. The number of hydrogen-bond acceptors (Lipinski definition) is 1. The van der Waals surface area contributed by atoms with Crippen LogP contribution in [0.25, 0.3) is 0 Å². The van der Waals surface area contributed by atoms with Crippen LogP contribution in [0.4, 0.5) is 10.1 Å². The van der Waals surface area contributed by atoms with Crippen molar-refractivity contribution < 1.29 is 4.39 Å². The highest BCUT2D eigenvalue weighted by Gasteiger charge is 2.05. The summed E-state index contributed by atoms with van der Waals surface area (Å²) >= 11 is 9.31. The molecule has 4 heteroatoms. The molecule has 0 heterocycles. The Hall–Kier alpha value is -1.19. The minimum absolute atomic E-state index is 0.144. The second-order valence-electron chi connectivity index (χ2n) is 3.36. The van der Waals surface area contributed by atoms with Gasteiger partial charge in [-0.1, -0.05) is 39.7 Å². The lowest BCUT2D eigenvalue weighted by Gasteiger charge is -2.00. The van der Waals surface area contributed by atoms with Gasteiger partial charge in [0.2, 0.25) is 0 Å². The molecule has 17 heavy (non-hydrogen) atoms. The average Bonchev–Trinajstić information content (AvgIpc) is 2.32. The normalized spacial score (nSPS) is 11.6. The Labute approximate surface area is 112 Å². The van der Waals surface area contributed by atoms with Crippen LogP contribution in [0.1, 0.15) is 5.56 Å². The zero-order valence-corrected chi connectivity index (χ0v) is 11.0. The summed E-state index contributed by atoms with van der Waals surface area (Å²) in [6.07, 6.45) is 0. The van der Waals surface area contributed by atoms with Gasteiger partial charge in [-0.05, 0) is 36.4 Å². The summed E-state index contributed by atoms with van der Waals surface area (Å²) in [5, 5.41) is 0.144. The van der Waals surface area contributed by atoms with E-state index in [1.54, 1.807) is 30.3 Å². The molecule has 0 fully saturated rings. The summed E-state index contributed by atoms with van der Waals surface area (Å²) in [5.41, 5.74) is 0.985. The predicted octanol–water partition coefficient (Wildman–Crippen LogP) is 4.91. The molecule has 2 aromatic rings. The van der Waals surface area contributed by atoms with E-state index in [4.69, 9.17) is 11.6 Å². The summed E-state index contributed by atoms with van der Waals surface area (Å²) in [4.78, 5) is 4.15. The van der Waals surface area contributed by atoms with Gasteiger partial charge in [0, 0.05) is 10.0 Å². The lowest BCUT2D eigenvalue weighted by Crippen LogP contribution is -1.94. The van der Waals surface area contributed by atoms with Crippen LogP contribution < -0.4 is 0 Å². The Morgan fingerprint density at radius 1 is 1.06 bits per heavy atom. The van der Waals surface area contributed by atoms with E-state index in [1.807, 2.05) is 12.1 Å². The van der Waals surface area contributed by atoms with E-state index in [9.17, 15) is 4.39 Å². The first kappa shape index (κ1) is 12.3. The first-order valence-corrected chi connectivity index (χ1v) is 6.08. The minimum atomic E-state index is -0.377. The van der Waals surface area contributed by atoms with Crippen LogP contribution >= 0.6 is 27.5 Å². The number of aliphatic imine (C=N–C) groups is 1. The topological polar surface area (TPSA) is 12.4 Å². The fraction of sp³-hybridized carbons (Fsp3) is 0. The quantitative estimate of drug-likeness (QED) is 0.699. The van der Waals surface area contributed by atoms with Gasteiger partial charge in [-0.15, -0.1) is 0 Å². The van der Waals surface area contributed by atoms with E-state index in [0.717, 1.165) is 4.47 Å². The van der Waals surface area contributed by atoms with Gasteiger partial charge >= 0.3 is 0 Å². The molecule has 0 aliphatic rings. The van der Waals surface area contributed by atoms with Crippen molar-refractivity contribution >= 4 is 38.4 Å². The fourth-order valence-electron chi connectivity index (χ4n) is 1.32. The number of halogens is 3. The predicted molar refractivity (Wildman–Crippen MR) is 72.6 cm³/mol. The third-order valence-electron chi connectivity index (χ3n) is 2.15. The van der Waals surface area contributed by atoms with E-state index < -0.39 is 0 Å². The maximum Gasteiger partial charge on any atom is 0.139 e. The smallest absolute Gasteiger partial charge is 0.139 e. The van der Waals surface area contributed by atoms with Crippen molar-refractivity contribution in [1.29, 1.82) is 0 Å². The molecular formula is C13H8BrClFN. The van der Waals surface area contributed by atoms with E-state index in [2.05, 4.69) is 20.9 Å². The van der Waals surface area contributed by atoms with E-state index in [1.165, 1.54) is 6.07 Å². The van der Waals surface area contributed by atoms with Gasteiger partial charge in [-0.2, -0.15) is 0 Å². The van der Waals surface area contributed by atoms with Crippen LogP contribution in [0.15, 0.2) is 58.0 Å². The minimum Gasteiger partial charge on any atom is -0.236 e. The maximum absolute atomic E-state index is 13.4. The fourth-order valence-corrected chi connectivity index (χ4v) is 1.83. The number of rotatable bonds is 2. The van der Waals surface area contributed by atoms with Crippen LogP contribution in [0.2, 0.25) is 0 Å². The van der Waals surface area contributed by atoms with Gasteiger partial charge < -0.3 is 0 Å². The zero-order valence-electron chi connectivity index (χ0n) is 8.70. The summed E-state index contributed by atoms with van der Waals surface area (Å²) in [5.74, 6) is -0.377. The van der Waals surface area contributed by atoms with Crippen molar-refractivity contribution in [3.63, 3.8) is 0 Å². The lowest BCUT2D eigenvalue weighted by molar-refractivity contribution is 0.626. The van der Waals surface area contributed by atoms with Crippen LogP contribution in [0.3, 0.4) is 0 Å². The second kappa shape index (κ2) is 5.43. The summed E-state index contributed by atoms with van der Waals surface area (Å²) in [7, 11) is 0. The van der Waals surface area contributed by atoms with Crippen LogP contribution in [-0.4, -0.2) is 5.17 Å². The Bertz CT molecular complexity index is 552. The van der Waals surface area contributed by atoms with Crippen molar-refractivity contribution in [3.05, 3.63) is 64.4 Å². The molecule has 0 amide bonds. The standard InChI is InChI=1S/C13H8BrClFN/c14-9-5-7-10(8-6-9)17-13(15)11-3-1-2-4-12(11)16/h1-8H/b17-13-. The molecule has 2 rings (SSSR count). The van der Waals surface area contributed by atoms with Gasteiger partial charge in [0.05, 0.1) is 5.69 Å². The first-order chi connectivity index (χ1) is 8.16. The molecule has 2 aromatic carbocycles. The van der Waals surface area contributed by atoms with E-state index in [0.29, 0.717) is 11.3 Å². The van der Waals surface area contributed by atoms with Gasteiger partial charge in [0.1, 0.15) is 11.0 Å². The number of hydrogen-bond donors (Lipinski definition) is 0. The molecule has 0 saturated heterocycles. The van der Waals surface area contributed by atoms with Crippen molar-refractivity contribution in [1.82, 2.24) is 0 Å². The molecule has 0 aliphatic carbocycles. The molecule has 1 nitrogen and oxygen atoms in total. The van der Waals surface area contributed by atoms with Gasteiger partial charge in [-0.3, -0.25) is 0 Å². The van der Waals surface area contributed by atoms with E-state index in [-0.39, 0.29) is 11.0 Å². The molecule has 0 bridgehead atoms. The van der Waals surface area contributed by atoms with Crippen molar-refractivity contribution in [2.24, 2.45) is 4.99 Å². The first-order valence-electron chi connectivity index (χ1n) is 4.91. The van der Waals surface area contributed by atoms with Crippen LogP contribution in [0, 0.1) is 5.82 Å². The third-order valence-corrected chi connectivity index (χ3v) is 2.97. The Morgan fingerprint density at radius 2 is 1.71 bits per heavy atom. The SMILES string of the molecule is Fc1ccccc1/C(Cl)=N/c1ccc(Br)cc1. The summed E-state index contributed by atoms with van der Waals surface area (Å²) < 4.78 is 14.4. The molecule has 0 spiro atoms. The molecule has 86 valence electrons. The highest BCUT2D eigenvalue weighted by molar-refractivity contribution is 9.10. The summed E-state index contributed by atoms with van der Waals surface area (Å²) in [6.45, 7) is 0. The number of nitrogens with zero attached hydrogens (tertiary/aromatic N) is 1. The third kappa shape index (κ3) is 3.14. The summed E-state index contributed by atoms with van der Waals surface area (Å²) in [6, 6.07) is 13.6. The lowest BCUT2D eigenvalue weighted by atomic mass is 10.2. The molecule has 0 unspecified atom stereocenters. The largest absolute Gasteiger partial charge is 0.236 e. The Morgan fingerprint density at radius 3 is 2.35 bits per heavy atom.